The highest BCUT2D eigenvalue weighted by molar-refractivity contribution is 4.84. The maximum absolute atomic E-state index is 9.29. The third-order valence-electron chi connectivity index (χ3n) is 4.16. The number of rotatable bonds is 2. The first-order chi connectivity index (χ1) is 7.79. The van der Waals surface area contributed by atoms with Crippen LogP contribution in [0.25, 0.3) is 0 Å². The Kier molecular flexibility index (Phi) is 4.62. The molecule has 1 heterocycles. The lowest BCUT2D eigenvalue weighted by molar-refractivity contribution is 0.119. The average Bonchev–Trinajstić information content (AvgIpc) is 2.54. The van der Waals surface area contributed by atoms with Gasteiger partial charge < -0.3 is 10.4 Å². The van der Waals surface area contributed by atoms with Gasteiger partial charge in [-0.15, -0.1) is 0 Å². The molecular weight excluding hydrogens is 200 g/mol. The van der Waals surface area contributed by atoms with Crippen molar-refractivity contribution in [2.45, 2.75) is 51.1 Å². The summed E-state index contributed by atoms with van der Waals surface area (Å²) in [5.74, 6) is 0.891. The molecule has 3 unspecified atom stereocenters. The van der Waals surface area contributed by atoms with Crippen molar-refractivity contribution in [1.82, 2.24) is 10.2 Å². The summed E-state index contributed by atoms with van der Waals surface area (Å²) in [4.78, 5) is 2.62. The molecule has 94 valence electrons. The predicted octanol–water partition coefficient (Wildman–Crippen LogP) is 1.22. The summed E-state index contributed by atoms with van der Waals surface area (Å²) in [7, 11) is 0. The average molecular weight is 226 g/mol. The van der Waals surface area contributed by atoms with Gasteiger partial charge in [-0.05, 0) is 38.3 Å². The van der Waals surface area contributed by atoms with E-state index in [9.17, 15) is 5.11 Å². The maximum atomic E-state index is 9.29. The lowest BCUT2D eigenvalue weighted by Crippen LogP contribution is -2.45. The third kappa shape index (κ3) is 3.19. The van der Waals surface area contributed by atoms with Crippen molar-refractivity contribution in [3.63, 3.8) is 0 Å². The van der Waals surface area contributed by atoms with E-state index in [1.54, 1.807) is 0 Å². The van der Waals surface area contributed by atoms with Gasteiger partial charge in [0, 0.05) is 18.6 Å². The van der Waals surface area contributed by atoms with Crippen LogP contribution in [-0.2, 0) is 0 Å². The molecule has 2 rings (SSSR count). The minimum atomic E-state index is 0.277. The van der Waals surface area contributed by atoms with E-state index in [1.165, 1.54) is 38.6 Å². The molecule has 3 heteroatoms. The molecule has 1 saturated carbocycles. The highest BCUT2D eigenvalue weighted by atomic mass is 16.3. The molecule has 0 aromatic heterocycles. The summed E-state index contributed by atoms with van der Waals surface area (Å²) < 4.78 is 0. The summed E-state index contributed by atoms with van der Waals surface area (Å²) in [6.07, 6.45) is 6.74. The van der Waals surface area contributed by atoms with Gasteiger partial charge in [-0.2, -0.15) is 0 Å². The van der Waals surface area contributed by atoms with Gasteiger partial charge in [0.25, 0.3) is 0 Å². The molecule has 16 heavy (non-hydrogen) atoms. The molecule has 2 aliphatic rings. The van der Waals surface area contributed by atoms with E-state index in [4.69, 9.17) is 0 Å². The van der Waals surface area contributed by atoms with E-state index < -0.39 is 0 Å². The first kappa shape index (κ1) is 12.3. The van der Waals surface area contributed by atoms with E-state index in [-0.39, 0.29) is 6.61 Å². The molecule has 1 aliphatic carbocycles. The molecule has 2 N–H and O–H groups in total. The molecular formula is C13H26N2O. The zero-order valence-electron chi connectivity index (χ0n) is 10.5. The van der Waals surface area contributed by atoms with Crippen LogP contribution in [0.4, 0.5) is 0 Å². The van der Waals surface area contributed by atoms with Gasteiger partial charge in [-0.3, -0.25) is 4.90 Å². The normalized spacial score (nSPS) is 38.2. The number of hydrogen-bond donors (Lipinski definition) is 2. The summed E-state index contributed by atoms with van der Waals surface area (Å²) in [6.45, 7) is 5.96. The van der Waals surface area contributed by atoms with Crippen LogP contribution in [0.2, 0.25) is 0 Å². The number of nitrogens with zero attached hydrogens (tertiary/aromatic N) is 1. The summed E-state index contributed by atoms with van der Waals surface area (Å²) in [6, 6.07) is 1.07. The number of aliphatic hydroxyl groups is 1. The fourth-order valence-corrected chi connectivity index (χ4v) is 3.21. The highest BCUT2D eigenvalue weighted by Gasteiger charge is 2.27. The van der Waals surface area contributed by atoms with Crippen molar-refractivity contribution < 1.29 is 5.11 Å². The Balaban J connectivity index is 1.90. The van der Waals surface area contributed by atoms with Crippen LogP contribution in [0, 0.1) is 5.92 Å². The Labute approximate surface area is 99.2 Å². The highest BCUT2D eigenvalue weighted by Crippen LogP contribution is 2.27. The molecule has 0 radical (unpaired) electrons. The lowest BCUT2D eigenvalue weighted by atomic mass is 9.86. The topological polar surface area (TPSA) is 35.5 Å². The molecule has 1 saturated heterocycles. The Hall–Kier alpha value is -0.120. The zero-order valence-corrected chi connectivity index (χ0v) is 10.5. The van der Waals surface area contributed by atoms with Crippen molar-refractivity contribution >= 4 is 0 Å². The van der Waals surface area contributed by atoms with E-state index in [1.807, 2.05) is 0 Å². The summed E-state index contributed by atoms with van der Waals surface area (Å²) in [5, 5.41) is 12.7. The molecule has 2 fully saturated rings. The van der Waals surface area contributed by atoms with Crippen LogP contribution in [0.15, 0.2) is 0 Å². The van der Waals surface area contributed by atoms with Crippen LogP contribution >= 0.6 is 0 Å². The fourth-order valence-electron chi connectivity index (χ4n) is 3.21. The number of nitrogens with one attached hydrogen (secondary N) is 1. The van der Waals surface area contributed by atoms with Crippen molar-refractivity contribution in [1.29, 1.82) is 0 Å². The van der Waals surface area contributed by atoms with E-state index in [0.717, 1.165) is 25.0 Å². The Morgan fingerprint density at radius 3 is 2.94 bits per heavy atom. The second kappa shape index (κ2) is 5.99. The van der Waals surface area contributed by atoms with Crippen LogP contribution in [0.3, 0.4) is 0 Å². The second-order valence-corrected chi connectivity index (χ2v) is 5.61. The van der Waals surface area contributed by atoms with Crippen LogP contribution in [0.1, 0.15) is 39.0 Å². The molecule has 3 atom stereocenters. The van der Waals surface area contributed by atoms with Crippen molar-refractivity contribution in [3.05, 3.63) is 0 Å². The Bertz CT molecular complexity index is 210. The van der Waals surface area contributed by atoms with Gasteiger partial charge in [0.15, 0.2) is 0 Å². The predicted molar refractivity (Wildman–Crippen MR) is 66.5 cm³/mol. The summed E-state index contributed by atoms with van der Waals surface area (Å²) in [5.41, 5.74) is 0. The molecule has 3 nitrogen and oxygen atoms in total. The monoisotopic (exact) mass is 226 g/mol. The van der Waals surface area contributed by atoms with Gasteiger partial charge in [0.05, 0.1) is 6.61 Å². The van der Waals surface area contributed by atoms with Crippen LogP contribution in [-0.4, -0.2) is 48.3 Å². The number of aliphatic hydroxyl groups excluding tert-OH is 1. The minimum Gasteiger partial charge on any atom is -0.395 e. The van der Waals surface area contributed by atoms with Crippen LogP contribution < -0.4 is 5.32 Å². The van der Waals surface area contributed by atoms with E-state index in [2.05, 4.69) is 17.1 Å². The second-order valence-electron chi connectivity index (χ2n) is 5.61. The first-order valence-corrected chi connectivity index (χ1v) is 6.88. The third-order valence-corrected chi connectivity index (χ3v) is 4.16. The molecule has 0 bridgehead atoms. The molecule has 0 aromatic rings. The molecule has 0 spiro atoms. The Morgan fingerprint density at radius 2 is 2.19 bits per heavy atom. The smallest absolute Gasteiger partial charge is 0.0597 e. The molecule has 1 aliphatic heterocycles. The number of hydrogen-bond acceptors (Lipinski definition) is 3. The van der Waals surface area contributed by atoms with Crippen molar-refractivity contribution in [2.75, 3.05) is 26.2 Å². The largest absolute Gasteiger partial charge is 0.395 e. The lowest BCUT2D eigenvalue weighted by Gasteiger charge is -2.37. The Morgan fingerprint density at radius 1 is 1.31 bits per heavy atom. The van der Waals surface area contributed by atoms with Crippen molar-refractivity contribution in [2.24, 2.45) is 5.92 Å². The SMILES string of the molecule is CC1CCCC(N2CCCNC(CO)C2)C1. The van der Waals surface area contributed by atoms with Gasteiger partial charge >= 0.3 is 0 Å². The standard InChI is InChI=1S/C13H26N2O/c1-11-4-2-5-13(8-11)15-7-3-6-14-12(9-15)10-16/h11-14,16H,2-10H2,1H3. The zero-order chi connectivity index (χ0) is 11.4. The van der Waals surface area contributed by atoms with Gasteiger partial charge in [-0.1, -0.05) is 19.8 Å². The quantitative estimate of drug-likeness (QED) is 0.743. The summed E-state index contributed by atoms with van der Waals surface area (Å²) >= 11 is 0. The fraction of sp³-hybridized carbons (Fsp3) is 1.00. The van der Waals surface area contributed by atoms with E-state index >= 15 is 0 Å². The molecule has 0 aromatic carbocycles. The van der Waals surface area contributed by atoms with Gasteiger partial charge in [-0.25, -0.2) is 0 Å². The molecule has 0 amide bonds. The maximum Gasteiger partial charge on any atom is 0.0597 e. The first-order valence-electron chi connectivity index (χ1n) is 6.88. The minimum absolute atomic E-state index is 0.277. The van der Waals surface area contributed by atoms with Crippen LogP contribution in [0.5, 0.6) is 0 Å². The van der Waals surface area contributed by atoms with E-state index in [0.29, 0.717) is 6.04 Å². The van der Waals surface area contributed by atoms with Gasteiger partial charge in [0.2, 0.25) is 0 Å². The van der Waals surface area contributed by atoms with Gasteiger partial charge in [0.1, 0.15) is 0 Å². The van der Waals surface area contributed by atoms with Crippen molar-refractivity contribution in [3.8, 4) is 0 Å².